The Bertz CT molecular complexity index is 345. The molecule has 0 unspecified atom stereocenters. The van der Waals surface area contributed by atoms with Crippen molar-refractivity contribution in [3.8, 4) is 0 Å². The van der Waals surface area contributed by atoms with Crippen molar-refractivity contribution in [2.24, 2.45) is 0 Å². The van der Waals surface area contributed by atoms with Gasteiger partial charge in [-0.05, 0) is 23.3 Å². The Morgan fingerprint density at radius 2 is 2.21 bits per heavy atom. The second kappa shape index (κ2) is 5.58. The summed E-state index contributed by atoms with van der Waals surface area (Å²) in [4.78, 5) is 10.1. The summed E-state index contributed by atoms with van der Waals surface area (Å²) in [6.07, 6.45) is 4.70. The third kappa shape index (κ3) is 2.98. The van der Waals surface area contributed by atoms with Gasteiger partial charge in [0.05, 0.1) is 6.61 Å². The molecule has 0 bridgehead atoms. The van der Waals surface area contributed by atoms with Crippen molar-refractivity contribution in [2.75, 3.05) is 0 Å². The van der Waals surface area contributed by atoms with Crippen LogP contribution in [-0.4, -0.2) is 11.4 Å². The maximum Gasteiger partial charge on any atom is 0.123 e. The van der Waals surface area contributed by atoms with Gasteiger partial charge in [0.1, 0.15) is 6.29 Å². The summed E-state index contributed by atoms with van der Waals surface area (Å²) in [7, 11) is 0. The van der Waals surface area contributed by atoms with Crippen molar-refractivity contribution in [1.29, 1.82) is 0 Å². The fraction of sp³-hybridized carbons (Fsp3) is 0.182. The smallest absolute Gasteiger partial charge is 0.123 e. The number of hydrogen-bond acceptors (Lipinski definition) is 2. The molecule has 0 saturated heterocycles. The molecule has 0 spiro atoms. The van der Waals surface area contributed by atoms with E-state index in [1.54, 1.807) is 30.4 Å². The number of carbonyl (C=O) groups excluding carboxylic acids is 1. The molecule has 0 atom stereocenters. The zero-order chi connectivity index (χ0) is 10.4. The topological polar surface area (TPSA) is 37.3 Å². The molecule has 1 aromatic rings. The molecular weight excluding hydrogens is 200 g/mol. The zero-order valence-electron chi connectivity index (χ0n) is 7.61. The molecule has 0 heterocycles. The summed E-state index contributed by atoms with van der Waals surface area (Å²) in [5, 5.41) is 9.52. The van der Waals surface area contributed by atoms with Gasteiger partial charge in [-0.25, -0.2) is 0 Å². The fourth-order valence-electron chi connectivity index (χ4n) is 1.07. The van der Waals surface area contributed by atoms with E-state index in [9.17, 15) is 4.79 Å². The van der Waals surface area contributed by atoms with Gasteiger partial charge in [-0.2, -0.15) is 0 Å². The summed E-state index contributed by atoms with van der Waals surface area (Å²) < 4.78 is 0. The Morgan fingerprint density at radius 3 is 2.86 bits per heavy atom. The molecule has 1 N–H and O–H groups in total. The van der Waals surface area contributed by atoms with E-state index in [4.69, 9.17) is 16.7 Å². The first-order chi connectivity index (χ1) is 6.77. The molecule has 0 radical (unpaired) electrons. The first-order valence-electron chi connectivity index (χ1n) is 4.27. The summed E-state index contributed by atoms with van der Waals surface area (Å²) in [5.74, 6) is 0. The summed E-state index contributed by atoms with van der Waals surface area (Å²) in [6.45, 7) is -0.00824. The maximum absolute atomic E-state index is 10.1. The summed E-state index contributed by atoms with van der Waals surface area (Å²) >= 11 is 5.91. The maximum atomic E-state index is 10.1. The lowest BCUT2D eigenvalue weighted by molar-refractivity contribution is -0.107. The number of aliphatic hydroxyl groups is 1. The summed E-state index contributed by atoms with van der Waals surface area (Å²) in [6, 6.07) is 5.29. The largest absolute Gasteiger partial charge is 0.392 e. The first-order valence-corrected chi connectivity index (χ1v) is 4.65. The van der Waals surface area contributed by atoms with Gasteiger partial charge in [-0.15, -0.1) is 0 Å². The van der Waals surface area contributed by atoms with Gasteiger partial charge in [0, 0.05) is 11.4 Å². The van der Waals surface area contributed by atoms with Crippen molar-refractivity contribution in [1.82, 2.24) is 0 Å². The highest BCUT2D eigenvalue weighted by Crippen LogP contribution is 2.19. The molecule has 0 fully saturated rings. The van der Waals surface area contributed by atoms with Crippen LogP contribution in [0.1, 0.15) is 17.5 Å². The van der Waals surface area contributed by atoms with Crippen LogP contribution in [0, 0.1) is 0 Å². The van der Waals surface area contributed by atoms with E-state index in [2.05, 4.69) is 0 Å². The van der Waals surface area contributed by atoms with Gasteiger partial charge in [0.15, 0.2) is 0 Å². The number of carbonyl (C=O) groups is 1. The quantitative estimate of drug-likeness (QED) is 0.776. The Balaban J connectivity index is 2.88. The van der Waals surface area contributed by atoms with Crippen LogP contribution in [-0.2, 0) is 11.4 Å². The Kier molecular flexibility index (Phi) is 4.36. The molecule has 0 aromatic heterocycles. The number of rotatable bonds is 4. The molecular formula is C11H11ClO2. The lowest BCUT2D eigenvalue weighted by Gasteiger charge is -2.00. The van der Waals surface area contributed by atoms with Gasteiger partial charge in [0.25, 0.3) is 0 Å². The van der Waals surface area contributed by atoms with Crippen LogP contribution in [0.15, 0.2) is 24.3 Å². The van der Waals surface area contributed by atoms with E-state index >= 15 is 0 Å². The zero-order valence-corrected chi connectivity index (χ0v) is 8.37. The van der Waals surface area contributed by atoms with Gasteiger partial charge in [-0.3, -0.25) is 0 Å². The molecule has 0 amide bonds. The minimum atomic E-state index is -0.00824. The van der Waals surface area contributed by atoms with E-state index in [0.29, 0.717) is 11.4 Å². The average Bonchev–Trinajstić information content (AvgIpc) is 2.21. The highest BCUT2D eigenvalue weighted by Gasteiger charge is 1.97. The molecule has 3 heteroatoms. The van der Waals surface area contributed by atoms with Gasteiger partial charge in [-0.1, -0.05) is 29.8 Å². The fourth-order valence-corrected chi connectivity index (χ4v) is 1.25. The third-order valence-corrected chi connectivity index (χ3v) is 2.12. The monoisotopic (exact) mass is 210 g/mol. The third-order valence-electron chi connectivity index (χ3n) is 1.77. The molecule has 0 aliphatic rings. The molecule has 0 saturated carbocycles. The van der Waals surface area contributed by atoms with Crippen LogP contribution in [0.3, 0.4) is 0 Å². The number of aldehydes is 1. The predicted molar refractivity (Wildman–Crippen MR) is 57.1 cm³/mol. The van der Waals surface area contributed by atoms with Crippen molar-refractivity contribution in [2.45, 2.75) is 13.0 Å². The van der Waals surface area contributed by atoms with E-state index in [-0.39, 0.29) is 6.61 Å². The lowest BCUT2D eigenvalue weighted by Crippen LogP contribution is -1.84. The second-order valence-corrected chi connectivity index (χ2v) is 3.23. The molecule has 0 aliphatic heterocycles. The van der Waals surface area contributed by atoms with Crippen molar-refractivity contribution < 1.29 is 9.90 Å². The van der Waals surface area contributed by atoms with Crippen LogP contribution in [0.2, 0.25) is 5.02 Å². The normalized spacial score (nSPS) is 10.7. The Morgan fingerprint density at radius 1 is 1.43 bits per heavy atom. The Hall–Kier alpha value is -1.12. The van der Waals surface area contributed by atoms with Crippen LogP contribution in [0.25, 0.3) is 6.08 Å². The molecule has 14 heavy (non-hydrogen) atoms. The van der Waals surface area contributed by atoms with Crippen molar-refractivity contribution in [3.63, 3.8) is 0 Å². The minimum absolute atomic E-state index is 0.00824. The second-order valence-electron chi connectivity index (χ2n) is 2.82. The lowest BCUT2D eigenvalue weighted by atomic mass is 10.1. The van der Waals surface area contributed by atoms with Gasteiger partial charge < -0.3 is 9.90 Å². The standard InChI is InChI=1S/C11H11ClO2/c12-11-5-4-9(8-14)7-10(11)3-1-2-6-13/h1,3-7,14H,2,8H2. The number of hydrogen-bond donors (Lipinski definition) is 1. The SMILES string of the molecule is O=CCC=Cc1cc(CO)ccc1Cl. The molecule has 0 aliphatic carbocycles. The molecule has 74 valence electrons. The van der Waals surface area contributed by atoms with Crippen LogP contribution in [0.5, 0.6) is 0 Å². The van der Waals surface area contributed by atoms with Crippen LogP contribution in [0.4, 0.5) is 0 Å². The van der Waals surface area contributed by atoms with Crippen LogP contribution < -0.4 is 0 Å². The molecule has 1 rings (SSSR count). The highest BCUT2D eigenvalue weighted by atomic mass is 35.5. The predicted octanol–water partition coefficient (Wildman–Crippen LogP) is 2.43. The van der Waals surface area contributed by atoms with Crippen molar-refractivity contribution in [3.05, 3.63) is 40.4 Å². The number of benzene rings is 1. The number of aliphatic hydroxyl groups excluding tert-OH is 1. The van der Waals surface area contributed by atoms with Crippen LogP contribution >= 0.6 is 11.6 Å². The summed E-state index contributed by atoms with van der Waals surface area (Å²) in [5.41, 5.74) is 1.63. The molecule has 1 aromatic carbocycles. The minimum Gasteiger partial charge on any atom is -0.392 e. The van der Waals surface area contributed by atoms with E-state index in [0.717, 1.165) is 17.4 Å². The number of allylic oxidation sites excluding steroid dienone is 1. The molecule has 2 nitrogen and oxygen atoms in total. The first kappa shape index (κ1) is 11.0. The van der Waals surface area contributed by atoms with Gasteiger partial charge in [0.2, 0.25) is 0 Å². The van der Waals surface area contributed by atoms with Gasteiger partial charge >= 0.3 is 0 Å². The number of halogens is 1. The average molecular weight is 211 g/mol. The Labute approximate surface area is 87.8 Å². The van der Waals surface area contributed by atoms with E-state index < -0.39 is 0 Å². The van der Waals surface area contributed by atoms with Crippen molar-refractivity contribution >= 4 is 24.0 Å². The highest BCUT2D eigenvalue weighted by molar-refractivity contribution is 6.32. The van der Waals surface area contributed by atoms with E-state index in [1.165, 1.54) is 0 Å². The van der Waals surface area contributed by atoms with E-state index in [1.807, 2.05) is 0 Å².